The van der Waals surface area contributed by atoms with E-state index in [2.05, 4.69) is 34.9 Å². The van der Waals surface area contributed by atoms with Gasteiger partial charge in [0.2, 0.25) is 0 Å². The molecule has 0 aliphatic carbocycles. The Morgan fingerprint density at radius 3 is 2.42 bits per heavy atom. The number of benzene rings is 4. The Bertz CT molecular complexity index is 1880. The quantitative estimate of drug-likeness (QED) is 0.153. The number of halogens is 2. The highest BCUT2D eigenvalue weighted by Gasteiger charge is 2.19. The van der Waals surface area contributed by atoms with Crippen LogP contribution in [0.4, 0.5) is 4.39 Å². The number of fused-ring (bicyclic) bond motifs is 1. The number of hydrogen-bond donors (Lipinski definition) is 0. The normalized spacial score (nSPS) is 11.4. The van der Waals surface area contributed by atoms with Crippen molar-refractivity contribution in [3.8, 4) is 28.6 Å². The fourth-order valence-corrected chi connectivity index (χ4v) is 5.27. The number of aryl methyl sites for hydroxylation is 1. The van der Waals surface area contributed by atoms with Crippen LogP contribution in [0.1, 0.15) is 42.0 Å². The summed E-state index contributed by atoms with van der Waals surface area (Å²) < 4.78 is 32.9. The smallest absolute Gasteiger partial charge is 0.282 e. The topological polar surface area (TPSA) is 74.9 Å². The Labute approximate surface area is 257 Å². The minimum absolute atomic E-state index is 0.171. The zero-order chi connectivity index (χ0) is 30.7. The van der Waals surface area contributed by atoms with Crippen LogP contribution in [0.2, 0.25) is 0 Å². The van der Waals surface area contributed by atoms with Crippen LogP contribution >= 0.6 is 15.9 Å². The molecule has 0 atom stereocenters. The fraction of sp³-hybridized carbons (Fsp3) is 0.206. The molecule has 0 unspecified atom stereocenters. The molecule has 1 aromatic heterocycles. The molecule has 0 aliphatic rings. The second-order valence-electron chi connectivity index (χ2n) is 10.3. The Kier molecular flexibility index (Phi) is 8.92. The third-order valence-electron chi connectivity index (χ3n) is 7.07. The van der Waals surface area contributed by atoms with Crippen LogP contribution in [-0.2, 0) is 6.61 Å². The molecule has 43 heavy (non-hydrogen) atoms. The molecule has 9 heteroatoms. The van der Waals surface area contributed by atoms with Crippen LogP contribution in [0, 0.1) is 12.7 Å². The van der Waals surface area contributed by atoms with E-state index in [4.69, 9.17) is 19.2 Å². The average Bonchev–Trinajstić information content (AvgIpc) is 3.00. The van der Waals surface area contributed by atoms with Crippen molar-refractivity contribution in [1.82, 2.24) is 9.66 Å². The van der Waals surface area contributed by atoms with Crippen molar-refractivity contribution < 1.29 is 18.6 Å². The molecule has 0 aliphatic heterocycles. The predicted octanol–water partition coefficient (Wildman–Crippen LogP) is 7.88. The Morgan fingerprint density at radius 2 is 1.72 bits per heavy atom. The first-order valence-corrected chi connectivity index (χ1v) is 14.5. The van der Waals surface area contributed by atoms with Crippen molar-refractivity contribution in [3.63, 3.8) is 0 Å². The molecule has 220 valence electrons. The summed E-state index contributed by atoms with van der Waals surface area (Å²) in [6, 6.07) is 20.9. The van der Waals surface area contributed by atoms with E-state index in [-0.39, 0.29) is 23.9 Å². The summed E-state index contributed by atoms with van der Waals surface area (Å²) in [6.07, 6.45) is 1.55. The van der Waals surface area contributed by atoms with Crippen molar-refractivity contribution in [3.05, 3.63) is 116 Å². The third kappa shape index (κ3) is 6.32. The summed E-state index contributed by atoms with van der Waals surface area (Å²) >= 11 is 3.53. The van der Waals surface area contributed by atoms with Crippen molar-refractivity contribution in [2.24, 2.45) is 5.10 Å². The van der Waals surface area contributed by atoms with E-state index in [1.165, 1.54) is 16.8 Å². The van der Waals surface area contributed by atoms with Gasteiger partial charge in [-0.3, -0.25) is 4.79 Å². The largest absolute Gasteiger partial charge is 0.496 e. The fourth-order valence-electron chi connectivity index (χ4n) is 4.82. The second-order valence-corrected chi connectivity index (χ2v) is 11.2. The van der Waals surface area contributed by atoms with Crippen LogP contribution in [-0.4, -0.2) is 30.1 Å². The Balaban J connectivity index is 1.67. The molecule has 0 amide bonds. The predicted molar refractivity (Wildman–Crippen MR) is 171 cm³/mol. The molecule has 7 nitrogen and oxygen atoms in total. The lowest BCUT2D eigenvalue weighted by molar-refractivity contribution is 0.284. The van der Waals surface area contributed by atoms with Crippen LogP contribution in [0.25, 0.3) is 22.3 Å². The van der Waals surface area contributed by atoms with Gasteiger partial charge in [-0.15, -0.1) is 0 Å². The number of aromatic nitrogens is 2. The first kappa shape index (κ1) is 30.0. The molecular formula is C34H31BrFN3O4. The van der Waals surface area contributed by atoms with Crippen LogP contribution < -0.4 is 19.8 Å². The highest BCUT2D eigenvalue weighted by molar-refractivity contribution is 9.10. The summed E-state index contributed by atoms with van der Waals surface area (Å²) in [7, 11) is 3.19. The highest BCUT2D eigenvalue weighted by atomic mass is 79.9. The molecule has 0 radical (unpaired) electrons. The third-order valence-corrected chi connectivity index (χ3v) is 7.53. The van der Waals surface area contributed by atoms with E-state index >= 15 is 0 Å². The zero-order valence-corrected chi connectivity index (χ0v) is 26.1. The van der Waals surface area contributed by atoms with E-state index in [1.54, 1.807) is 50.8 Å². The molecule has 4 aromatic carbocycles. The maximum atomic E-state index is 13.9. The van der Waals surface area contributed by atoms with Crippen molar-refractivity contribution >= 4 is 33.0 Å². The first-order valence-electron chi connectivity index (χ1n) is 13.7. The minimum Gasteiger partial charge on any atom is -0.496 e. The highest BCUT2D eigenvalue weighted by Crippen LogP contribution is 2.36. The summed E-state index contributed by atoms with van der Waals surface area (Å²) in [5, 5.41) is 5.13. The summed E-state index contributed by atoms with van der Waals surface area (Å²) in [5.41, 5.74) is 4.26. The molecule has 0 saturated carbocycles. The van der Waals surface area contributed by atoms with Gasteiger partial charge in [-0.25, -0.2) is 9.37 Å². The molecule has 0 N–H and O–H groups in total. The first-order chi connectivity index (χ1) is 20.7. The van der Waals surface area contributed by atoms with E-state index in [9.17, 15) is 9.18 Å². The number of methoxy groups -OCH3 is 2. The maximum Gasteiger partial charge on any atom is 0.282 e. The molecule has 5 aromatic rings. The molecule has 0 saturated heterocycles. The lowest BCUT2D eigenvalue weighted by Gasteiger charge is -2.17. The van der Waals surface area contributed by atoms with Gasteiger partial charge in [-0.1, -0.05) is 54.0 Å². The van der Waals surface area contributed by atoms with Gasteiger partial charge < -0.3 is 14.2 Å². The minimum atomic E-state index is -0.323. The van der Waals surface area contributed by atoms with E-state index in [0.29, 0.717) is 33.8 Å². The van der Waals surface area contributed by atoms with Gasteiger partial charge in [0.05, 0.1) is 31.3 Å². The molecule has 0 fully saturated rings. The second kappa shape index (κ2) is 12.8. The number of rotatable bonds is 9. The molecule has 1 heterocycles. The van der Waals surface area contributed by atoms with E-state index in [0.717, 1.165) is 32.5 Å². The lowest BCUT2D eigenvalue weighted by Crippen LogP contribution is -2.21. The van der Waals surface area contributed by atoms with Gasteiger partial charge >= 0.3 is 0 Å². The number of ether oxygens (including phenoxy) is 3. The average molecular weight is 645 g/mol. The van der Waals surface area contributed by atoms with Crippen LogP contribution in [0.15, 0.2) is 87.2 Å². The van der Waals surface area contributed by atoms with Gasteiger partial charge in [0, 0.05) is 15.6 Å². The van der Waals surface area contributed by atoms with Gasteiger partial charge in [0.1, 0.15) is 18.2 Å². The zero-order valence-electron chi connectivity index (χ0n) is 24.5. The van der Waals surface area contributed by atoms with Gasteiger partial charge in [0.25, 0.3) is 5.56 Å². The molecular weight excluding hydrogens is 613 g/mol. The van der Waals surface area contributed by atoms with Gasteiger partial charge in [-0.2, -0.15) is 9.78 Å². The SMILES string of the molecule is COc1cc(C)c(-c2nc3ccccc3c(=O)n2N=Cc2cc(Br)cc(OC)c2OCc2ccc(F)cc2)cc1C(C)C. The van der Waals surface area contributed by atoms with Crippen LogP contribution in [0.3, 0.4) is 0 Å². The Hall–Kier alpha value is -4.50. The van der Waals surface area contributed by atoms with Gasteiger partial charge in [0.15, 0.2) is 17.3 Å². The van der Waals surface area contributed by atoms with E-state index < -0.39 is 0 Å². The number of hydrogen-bond acceptors (Lipinski definition) is 6. The lowest BCUT2D eigenvalue weighted by atomic mass is 9.96. The summed E-state index contributed by atoms with van der Waals surface area (Å²) in [6.45, 7) is 6.30. The molecule has 0 bridgehead atoms. The molecule has 0 spiro atoms. The van der Waals surface area contributed by atoms with Crippen molar-refractivity contribution in [1.29, 1.82) is 0 Å². The van der Waals surface area contributed by atoms with Crippen LogP contribution in [0.5, 0.6) is 17.2 Å². The number of nitrogens with zero attached hydrogens (tertiary/aromatic N) is 3. The van der Waals surface area contributed by atoms with Gasteiger partial charge in [-0.05, 0) is 78.1 Å². The van der Waals surface area contributed by atoms with E-state index in [1.807, 2.05) is 37.3 Å². The standard InChI is InChI=1S/C34H31BrFN3O4/c1-20(2)27-17-28(21(3)14-30(27)41-4)33-38-29-9-7-6-8-26(29)34(40)39(33)37-18-23-15-24(35)16-31(42-5)32(23)43-19-22-10-12-25(36)13-11-22/h6-18,20H,19H2,1-5H3. The number of para-hydroxylation sites is 1. The Morgan fingerprint density at radius 1 is 1.00 bits per heavy atom. The molecule has 5 rings (SSSR count). The summed E-state index contributed by atoms with van der Waals surface area (Å²) in [4.78, 5) is 18.8. The van der Waals surface area contributed by atoms with Crippen molar-refractivity contribution in [2.75, 3.05) is 14.2 Å². The monoisotopic (exact) mass is 643 g/mol. The maximum absolute atomic E-state index is 13.9. The summed E-state index contributed by atoms with van der Waals surface area (Å²) in [5.74, 6) is 1.92. The van der Waals surface area contributed by atoms with Crippen molar-refractivity contribution in [2.45, 2.75) is 33.3 Å².